The Hall–Kier alpha value is -3.06. The van der Waals surface area contributed by atoms with Crippen LogP contribution in [-0.2, 0) is 14.8 Å². The normalized spacial score (nSPS) is 16.6. The number of hydrogen-bond acceptors (Lipinski definition) is 6. The topological polar surface area (TPSA) is 111 Å². The molecule has 0 aromatic heterocycles. The smallest absolute Gasteiger partial charge is 0.427 e. The molecule has 0 spiro atoms. The van der Waals surface area contributed by atoms with Crippen LogP contribution >= 0.6 is 0 Å². The van der Waals surface area contributed by atoms with Crippen LogP contribution in [0.15, 0.2) is 47.4 Å². The van der Waals surface area contributed by atoms with E-state index in [1.165, 1.54) is 18.2 Å². The number of fused-ring (bicyclic) bond motifs is 1. The molecule has 8 nitrogen and oxygen atoms in total. The van der Waals surface area contributed by atoms with E-state index in [1.54, 1.807) is 0 Å². The molecule has 1 amide bonds. The fourth-order valence-electron chi connectivity index (χ4n) is 2.98. The third-order valence-electron chi connectivity index (χ3n) is 4.88. The van der Waals surface area contributed by atoms with Gasteiger partial charge >= 0.3 is 12.3 Å². The van der Waals surface area contributed by atoms with E-state index in [1.807, 2.05) is 0 Å². The summed E-state index contributed by atoms with van der Waals surface area (Å²) in [5.41, 5.74) is 2.93. The van der Waals surface area contributed by atoms with E-state index in [2.05, 4.69) is 10.1 Å². The average Bonchev–Trinajstić information content (AvgIpc) is 2.71. The number of hydrogen-bond donors (Lipinski definition) is 2. The lowest BCUT2D eigenvalue weighted by molar-refractivity contribution is -0.242. The van der Waals surface area contributed by atoms with Crippen LogP contribution in [0.1, 0.15) is 13.8 Å². The van der Waals surface area contributed by atoms with Gasteiger partial charge in [0.2, 0.25) is 5.60 Å². The summed E-state index contributed by atoms with van der Waals surface area (Å²) in [4.78, 5) is 11.8. The van der Waals surface area contributed by atoms with Gasteiger partial charge in [-0.2, -0.15) is 13.2 Å². The highest BCUT2D eigenvalue weighted by atomic mass is 32.2. The highest BCUT2D eigenvalue weighted by Gasteiger charge is 2.51. The number of ether oxygens (including phenoxy) is 2. The fraction of sp³-hybridized carbons (Fsp3) is 0.350. The molecule has 2 aromatic carbocycles. The molecule has 13 heteroatoms. The van der Waals surface area contributed by atoms with Crippen molar-refractivity contribution in [1.82, 2.24) is 0 Å². The largest absolute Gasteiger partial charge is 0.489 e. The van der Waals surface area contributed by atoms with E-state index in [0.29, 0.717) is 13.8 Å². The van der Waals surface area contributed by atoms with E-state index in [9.17, 15) is 30.8 Å². The standard InChI is InChI=1S/C20H21F4N3O5S/c1-19(2,20(22,23)24)32-18(28)26-13-5-8-17-16(9-13)27(14(10-25)11-31-17)33(29,30)15-6-3-12(21)4-7-15/h3-9,14H,10-11,25H2,1-2H3,(H,26,28). The number of rotatable bonds is 5. The van der Waals surface area contributed by atoms with Crippen molar-refractivity contribution in [3.63, 3.8) is 0 Å². The van der Waals surface area contributed by atoms with Crippen LogP contribution in [0.2, 0.25) is 0 Å². The predicted octanol–water partition coefficient (Wildman–Crippen LogP) is 3.63. The van der Waals surface area contributed by atoms with Crippen molar-refractivity contribution in [2.75, 3.05) is 22.8 Å². The summed E-state index contributed by atoms with van der Waals surface area (Å²) in [5, 5.41) is 2.15. The van der Waals surface area contributed by atoms with Gasteiger partial charge in [0.1, 0.15) is 18.2 Å². The van der Waals surface area contributed by atoms with Crippen molar-refractivity contribution in [1.29, 1.82) is 0 Å². The number of nitrogens with one attached hydrogen (secondary N) is 1. The van der Waals surface area contributed by atoms with E-state index in [0.717, 1.165) is 28.6 Å². The Morgan fingerprint density at radius 1 is 1.21 bits per heavy atom. The Bertz CT molecular complexity index is 1140. The molecule has 3 rings (SSSR count). The van der Waals surface area contributed by atoms with Crippen molar-refractivity contribution < 1.29 is 40.2 Å². The lowest BCUT2D eigenvalue weighted by Gasteiger charge is -2.37. The molecule has 1 aliphatic heterocycles. The van der Waals surface area contributed by atoms with Gasteiger partial charge in [0, 0.05) is 12.2 Å². The number of carbonyl (C=O) groups excluding carboxylic acids is 1. The van der Waals surface area contributed by atoms with Crippen LogP contribution in [-0.4, -0.2) is 45.5 Å². The Balaban J connectivity index is 1.96. The minimum Gasteiger partial charge on any atom is -0.489 e. The number of halogens is 4. The molecule has 1 atom stereocenters. The molecule has 180 valence electrons. The molecule has 0 saturated heterocycles. The van der Waals surface area contributed by atoms with E-state index >= 15 is 0 Å². The van der Waals surface area contributed by atoms with Gasteiger partial charge in [0.25, 0.3) is 10.0 Å². The number of benzene rings is 2. The van der Waals surface area contributed by atoms with Gasteiger partial charge in [0.15, 0.2) is 0 Å². The van der Waals surface area contributed by atoms with Gasteiger partial charge in [0.05, 0.1) is 16.6 Å². The molecular weight excluding hydrogens is 470 g/mol. The number of alkyl halides is 3. The molecule has 0 fully saturated rings. The van der Waals surface area contributed by atoms with Gasteiger partial charge in [-0.15, -0.1) is 0 Å². The van der Waals surface area contributed by atoms with Crippen LogP contribution in [0.25, 0.3) is 0 Å². The summed E-state index contributed by atoms with van der Waals surface area (Å²) in [6, 6.07) is 7.19. The maximum Gasteiger partial charge on any atom is 0.427 e. The van der Waals surface area contributed by atoms with Crippen LogP contribution in [0, 0.1) is 5.82 Å². The summed E-state index contributed by atoms with van der Waals surface area (Å²) >= 11 is 0. The Morgan fingerprint density at radius 3 is 2.42 bits per heavy atom. The van der Waals surface area contributed by atoms with Crippen LogP contribution in [0.3, 0.4) is 0 Å². The first-order valence-electron chi connectivity index (χ1n) is 9.60. The number of amides is 1. The minimum atomic E-state index is -4.80. The van der Waals surface area contributed by atoms with Crippen molar-refractivity contribution in [3.8, 4) is 5.75 Å². The second kappa shape index (κ2) is 8.71. The third kappa shape index (κ3) is 4.98. The SMILES string of the molecule is CC(C)(OC(=O)Nc1ccc2c(c1)N(S(=O)(=O)c1ccc(F)cc1)C(CN)CO2)C(F)(F)F. The molecule has 33 heavy (non-hydrogen) atoms. The maximum absolute atomic E-state index is 13.3. The first-order valence-corrected chi connectivity index (χ1v) is 11.0. The second-order valence-corrected chi connectivity index (χ2v) is 9.48. The van der Waals surface area contributed by atoms with Crippen molar-refractivity contribution in [2.24, 2.45) is 5.73 Å². The lowest BCUT2D eigenvalue weighted by atomic mass is 10.1. The first kappa shape index (κ1) is 24.6. The van der Waals surface area contributed by atoms with E-state index in [-0.39, 0.29) is 35.2 Å². The zero-order valence-corrected chi connectivity index (χ0v) is 18.3. The second-order valence-electron chi connectivity index (χ2n) is 7.66. The van der Waals surface area contributed by atoms with Crippen LogP contribution in [0.5, 0.6) is 5.75 Å². The number of nitrogens with two attached hydrogens (primary N) is 1. The summed E-state index contributed by atoms with van der Waals surface area (Å²) in [6.45, 7) is 1.18. The van der Waals surface area contributed by atoms with Gasteiger partial charge in [-0.25, -0.2) is 17.6 Å². The molecule has 1 aliphatic rings. The van der Waals surface area contributed by atoms with Gasteiger partial charge in [-0.05, 0) is 56.3 Å². The number of anilines is 2. The molecule has 0 bridgehead atoms. The van der Waals surface area contributed by atoms with Crippen LogP contribution in [0.4, 0.5) is 33.7 Å². The van der Waals surface area contributed by atoms with Crippen molar-refractivity contribution >= 4 is 27.5 Å². The molecular formula is C20H21F4N3O5S. The fourth-order valence-corrected chi connectivity index (χ4v) is 4.63. The third-order valence-corrected chi connectivity index (χ3v) is 6.76. The van der Waals surface area contributed by atoms with E-state index < -0.39 is 39.8 Å². The molecule has 0 radical (unpaired) electrons. The van der Waals surface area contributed by atoms with Crippen molar-refractivity contribution in [3.05, 3.63) is 48.3 Å². The van der Waals surface area contributed by atoms with Gasteiger partial charge < -0.3 is 15.2 Å². The molecule has 1 unspecified atom stereocenters. The predicted molar refractivity (Wildman–Crippen MR) is 111 cm³/mol. The summed E-state index contributed by atoms with van der Waals surface area (Å²) in [5.74, 6) is -0.488. The monoisotopic (exact) mass is 491 g/mol. The van der Waals surface area contributed by atoms with Gasteiger partial charge in [-0.3, -0.25) is 9.62 Å². The molecule has 1 heterocycles. The highest BCUT2D eigenvalue weighted by molar-refractivity contribution is 7.92. The number of nitrogens with zero attached hydrogens (tertiary/aromatic N) is 1. The first-order chi connectivity index (χ1) is 15.3. The van der Waals surface area contributed by atoms with E-state index in [4.69, 9.17) is 10.5 Å². The molecule has 3 N–H and O–H groups in total. The summed E-state index contributed by atoms with van der Waals surface area (Å²) < 4.78 is 89.9. The Labute approximate surface area is 187 Å². The maximum atomic E-state index is 13.3. The highest BCUT2D eigenvalue weighted by Crippen LogP contribution is 2.40. The molecule has 2 aromatic rings. The number of carbonyl (C=O) groups is 1. The molecule has 0 saturated carbocycles. The summed E-state index contributed by atoms with van der Waals surface area (Å²) in [6.07, 6.45) is -6.19. The van der Waals surface area contributed by atoms with Gasteiger partial charge in [-0.1, -0.05) is 0 Å². The zero-order valence-electron chi connectivity index (χ0n) is 17.5. The average molecular weight is 491 g/mol. The Morgan fingerprint density at radius 2 is 1.85 bits per heavy atom. The number of sulfonamides is 1. The van der Waals surface area contributed by atoms with Crippen LogP contribution < -0.4 is 20.1 Å². The summed E-state index contributed by atoms with van der Waals surface area (Å²) in [7, 11) is -4.23. The zero-order chi connectivity index (χ0) is 24.6. The Kier molecular flexibility index (Phi) is 6.48. The molecule has 0 aliphatic carbocycles. The quantitative estimate of drug-likeness (QED) is 0.618. The van der Waals surface area contributed by atoms with Crippen molar-refractivity contribution in [2.45, 2.75) is 36.6 Å². The lowest BCUT2D eigenvalue weighted by Crippen LogP contribution is -2.50. The minimum absolute atomic E-state index is 0.00564.